The van der Waals surface area contributed by atoms with E-state index in [2.05, 4.69) is 25.3 Å². The maximum atomic E-state index is 13.7. The van der Waals surface area contributed by atoms with E-state index in [-0.39, 0.29) is 27.7 Å². The molecule has 9 nitrogen and oxygen atoms in total. The van der Waals surface area contributed by atoms with Gasteiger partial charge < -0.3 is 5.32 Å². The van der Waals surface area contributed by atoms with Crippen molar-refractivity contribution in [2.45, 2.75) is 55.8 Å². The first kappa shape index (κ1) is 29.6. The normalized spacial score (nSPS) is 18.6. The Bertz CT molecular complexity index is 1500. The molecule has 0 spiro atoms. The lowest BCUT2D eigenvalue weighted by Crippen LogP contribution is -2.48. The second-order valence-corrected chi connectivity index (χ2v) is 11.1. The molecule has 0 unspecified atom stereocenters. The van der Waals surface area contributed by atoms with Crippen molar-refractivity contribution in [2.24, 2.45) is 0 Å². The van der Waals surface area contributed by atoms with Crippen molar-refractivity contribution < 1.29 is 39.6 Å². The van der Waals surface area contributed by atoms with E-state index in [4.69, 9.17) is 11.6 Å². The van der Waals surface area contributed by atoms with E-state index >= 15 is 0 Å². The molecule has 17 heteroatoms. The minimum absolute atomic E-state index is 0.0911. The maximum Gasteiger partial charge on any atom is 0.451 e. The Morgan fingerprint density at radius 3 is 2.25 bits per heavy atom. The first-order valence-corrected chi connectivity index (χ1v) is 13.3. The number of halogens is 7. The number of alkyl halides is 6. The fraction of sp³-hybridized carbons (Fsp3) is 0.348. The fourth-order valence-electron chi connectivity index (χ4n) is 4.20. The van der Waals surface area contributed by atoms with Gasteiger partial charge in [0.15, 0.2) is 5.03 Å². The monoisotopic (exact) mass is 608 g/mol. The molecule has 0 saturated carbocycles. The molecule has 3 aromatic heterocycles. The summed E-state index contributed by atoms with van der Waals surface area (Å²) < 4.78 is 107. The van der Waals surface area contributed by atoms with E-state index in [1.165, 1.54) is 12.1 Å². The highest BCUT2D eigenvalue weighted by molar-refractivity contribution is 7.89. The van der Waals surface area contributed by atoms with E-state index in [1.807, 2.05) is 0 Å². The van der Waals surface area contributed by atoms with Gasteiger partial charge in [0, 0.05) is 42.9 Å². The summed E-state index contributed by atoms with van der Waals surface area (Å²) in [7, 11) is -4.25. The predicted octanol–water partition coefficient (Wildman–Crippen LogP) is 4.48. The Kier molecular flexibility index (Phi) is 8.06. The first-order chi connectivity index (χ1) is 18.6. The van der Waals surface area contributed by atoms with E-state index in [9.17, 15) is 39.6 Å². The second kappa shape index (κ2) is 10.9. The highest BCUT2D eigenvalue weighted by atomic mass is 35.5. The third-order valence-electron chi connectivity index (χ3n) is 6.09. The first-order valence-electron chi connectivity index (χ1n) is 11.5. The lowest BCUT2D eigenvalue weighted by Gasteiger charge is -2.26. The Balaban J connectivity index is 1.59. The lowest BCUT2D eigenvalue weighted by atomic mass is 10.1. The molecule has 0 aromatic carbocycles. The zero-order valence-corrected chi connectivity index (χ0v) is 21.9. The van der Waals surface area contributed by atoms with Crippen molar-refractivity contribution in [2.75, 3.05) is 0 Å². The van der Waals surface area contributed by atoms with Crippen LogP contribution in [0.15, 0.2) is 48.0 Å². The zero-order valence-electron chi connectivity index (χ0n) is 20.3. The van der Waals surface area contributed by atoms with Crippen molar-refractivity contribution in [1.82, 2.24) is 29.6 Å². The average molecular weight is 609 g/mol. The van der Waals surface area contributed by atoms with E-state index in [0.29, 0.717) is 12.6 Å². The number of carbonyl (C=O) groups excluding carboxylic acids is 1. The molecule has 1 N–H and O–H groups in total. The van der Waals surface area contributed by atoms with Gasteiger partial charge in [0.25, 0.3) is 10.0 Å². The van der Waals surface area contributed by atoms with Crippen LogP contribution in [0.2, 0.25) is 5.02 Å². The summed E-state index contributed by atoms with van der Waals surface area (Å²) in [6, 6.07) is 1.61. The molecule has 1 saturated heterocycles. The van der Waals surface area contributed by atoms with Crippen LogP contribution >= 0.6 is 11.6 Å². The molecule has 0 radical (unpaired) electrons. The summed E-state index contributed by atoms with van der Waals surface area (Å²) in [5.74, 6) is -2.28. The van der Waals surface area contributed by atoms with Crippen LogP contribution in [0.5, 0.6) is 0 Å². The van der Waals surface area contributed by atoms with Crippen LogP contribution in [0.1, 0.15) is 36.7 Å². The number of nitrogens with one attached hydrogen (secondary N) is 1. The highest BCUT2D eigenvalue weighted by Crippen LogP contribution is 2.34. The largest absolute Gasteiger partial charge is 0.451 e. The minimum Gasteiger partial charge on any atom is -0.351 e. The number of amides is 1. The Labute approximate surface area is 228 Å². The van der Waals surface area contributed by atoms with Gasteiger partial charge in [0.1, 0.15) is 6.04 Å². The van der Waals surface area contributed by atoms with Gasteiger partial charge >= 0.3 is 12.4 Å². The molecule has 1 amide bonds. The Hall–Kier alpha value is -3.37. The van der Waals surface area contributed by atoms with Gasteiger partial charge in [-0.05, 0) is 43.5 Å². The summed E-state index contributed by atoms with van der Waals surface area (Å²) in [6.45, 7) is 0.909. The number of hydrogen-bond acceptors (Lipinski definition) is 7. The summed E-state index contributed by atoms with van der Waals surface area (Å²) in [5.41, 5.74) is -1.91. The molecular weight excluding hydrogens is 590 g/mol. The summed E-state index contributed by atoms with van der Waals surface area (Å²) in [6.07, 6.45) is -6.13. The number of carbonyl (C=O) groups is 1. The number of pyridine rings is 2. The van der Waals surface area contributed by atoms with Crippen molar-refractivity contribution in [3.63, 3.8) is 0 Å². The standard InChI is InChI=1S/C23H19ClF6N6O3S/c1-12-2-4-18(36(12)40(38,39)19-5-3-15(24)10-32-19)20(37)33-7-13-6-17(31-11-16(13)22(25,26)27)14-8-34-21(35-9-14)23(28,29)30/h3,5-6,8-12,18H,2,4,7H2,1H3,(H,33,37)/t12-,18-/m0/s1. The molecule has 4 rings (SSSR count). The molecule has 0 bridgehead atoms. The van der Waals surface area contributed by atoms with Crippen LogP contribution in [0.25, 0.3) is 11.3 Å². The smallest absolute Gasteiger partial charge is 0.351 e. The molecule has 0 aliphatic carbocycles. The topological polar surface area (TPSA) is 118 Å². The quantitative estimate of drug-likeness (QED) is 0.410. The van der Waals surface area contributed by atoms with Crippen molar-refractivity contribution in [1.29, 1.82) is 0 Å². The van der Waals surface area contributed by atoms with Gasteiger partial charge in [-0.25, -0.2) is 23.4 Å². The molecule has 4 heterocycles. The maximum absolute atomic E-state index is 13.7. The number of rotatable bonds is 6. The molecule has 40 heavy (non-hydrogen) atoms. The molecule has 1 fully saturated rings. The van der Waals surface area contributed by atoms with E-state index < -0.39 is 63.9 Å². The second-order valence-electron chi connectivity index (χ2n) is 8.83. The minimum atomic E-state index is -4.88. The molecule has 1 aliphatic rings. The van der Waals surface area contributed by atoms with Crippen molar-refractivity contribution >= 4 is 27.5 Å². The molecule has 2 atom stereocenters. The van der Waals surface area contributed by atoms with Crippen LogP contribution in [0.4, 0.5) is 26.3 Å². The van der Waals surface area contributed by atoms with Gasteiger partial charge in [0.05, 0.1) is 16.3 Å². The van der Waals surface area contributed by atoms with Crippen LogP contribution < -0.4 is 5.32 Å². The van der Waals surface area contributed by atoms with Crippen LogP contribution in [-0.4, -0.2) is 50.6 Å². The third-order valence-corrected chi connectivity index (χ3v) is 8.26. The lowest BCUT2D eigenvalue weighted by molar-refractivity contribution is -0.145. The predicted molar refractivity (Wildman–Crippen MR) is 128 cm³/mol. The van der Waals surface area contributed by atoms with Gasteiger partial charge in [-0.3, -0.25) is 9.78 Å². The summed E-state index contributed by atoms with van der Waals surface area (Å²) >= 11 is 5.78. The van der Waals surface area contributed by atoms with Crippen LogP contribution in [0.3, 0.4) is 0 Å². The Morgan fingerprint density at radius 1 is 1.00 bits per heavy atom. The van der Waals surface area contributed by atoms with Gasteiger partial charge in [-0.2, -0.15) is 30.6 Å². The summed E-state index contributed by atoms with van der Waals surface area (Å²) in [4.78, 5) is 26.9. The number of nitrogens with zero attached hydrogens (tertiary/aromatic N) is 5. The van der Waals surface area contributed by atoms with Crippen molar-refractivity contribution in [3.8, 4) is 11.3 Å². The van der Waals surface area contributed by atoms with E-state index in [0.717, 1.165) is 29.0 Å². The highest BCUT2D eigenvalue weighted by Gasteiger charge is 2.44. The average Bonchev–Trinajstić information content (AvgIpc) is 3.28. The van der Waals surface area contributed by atoms with Gasteiger partial charge in [0.2, 0.25) is 11.7 Å². The van der Waals surface area contributed by atoms with Crippen LogP contribution in [-0.2, 0) is 33.7 Å². The number of sulfonamides is 1. The zero-order chi connectivity index (χ0) is 29.5. The molecule has 214 valence electrons. The fourth-order valence-corrected chi connectivity index (χ4v) is 6.07. The van der Waals surface area contributed by atoms with E-state index in [1.54, 1.807) is 6.92 Å². The van der Waals surface area contributed by atoms with Crippen LogP contribution in [0, 0.1) is 0 Å². The molecule has 3 aromatic rings. The van der Waals surface area contributed by atoms with Gasteiger partial charge in [-0.1, -0.05) is 11.6 Å². The third kappa shape index (κ3) is 6.18. The molecule has 1 aliphatic heterocycles. The number of hydrogen-bond donors (Lipinski definition) is 1. The molecular formula is C23H19ClF6N6O3S. The summed E-state index contributed by atoms with van der Waals surface area (Å²) in [5, 5.41) is 2.20. The number of aromatic nitrogens is 4. The SMILES string of the molecule is C[C@H]1CC[C@@H](C(=O)NCc2cc(-c3cnc(C(F)(F)F)nc3)ncc2C(F)(F)F)N1S(=O)(=O)c1ccc(Cl)cn1. The Morgan fingerprint density at radius 2 is 1.68 bits per heavy atom. The van der Waals surface area contributed by atoms with Gasteiger partial charge in [-0.15, -0.1) is 0 Å². The van der Waals surface area contributed by atoms with Crippen molar-refractivity contribution in [3.05, 3.63) is 65.0 Å².